The molecule has 0 aliphatic heterocycles. The van der Waals surface area contributed by atoms with Gasteiger partial charge in [-0.05, 0) is 50.4 Å². The highest BCUT2D eigenvalue weighted by Crippen LogP contribution is 2.63. The van der Waals surface area contributed by atoms with Gasteiger partial charge in [-0.1, -0.05) is 29.8 Å². The minimum Gasteiger partial charge on any atom is -0.379 e. The number of ether oxygens (including phenoxy) is 2. The molecule has 2 rings (SSSR count). The van der Waals surface area contributed by atoms with E-state index in [9.17, 15) is 0 Å². The summed E-state index contributed by atoms with van der Waals surface area (Å²) in [5.74, 6) is 1.56. The van der Waals surface area contributed by atoms with E-state index in [-0.39, 0.29) is 17.1 Å². The lowest BCUT2D eigenvalue weighted by Gasteiger charge is -2.50. The molecule has 2 nitrogen and oxygen atoms in total. The molecule has 106 valence electrons. The molecular weight excluding hydrogens is 292 g/mol. The van der Waals surface area contributed by atoms with E-state index in [0.717, 1.165) is 23.8 Å². The molecule has 0 radical (unpaired) electrons. The van der Waals surface area contributed by atoms with Crippen molar-refractivity contribution in [2.75, 3.05) is 18.5 Å². The van der Waals surface area contributed by atoms with Crippen molar-refractivity contribution in [2.24, 2.45) is 17.3 Å². The molecule has 2 fully saturated rings. The summed E-state index contributed by atoms with van der Waals surface area (Å²) in [5.41, 5.74) is 0.284. The third-order valence-electron chi connectivity index (χ3n) is 5.37. The van der Waals surface area contributed by atoms with E-state index in [1.54, 1.807) is 0 Å². The van der Waals surface area contributed by atoms with Crippen LogP contribution in [0.2, 0.25) is 0 Å². The zero-order valence-corrected chi connectivity index (χ0v) is 13.8. The van der Waals surface area contributed by atoms with Crippen molar-refractivity contribution in [3.63, 3.8) is 0 Å². The van der Waals surface area contributed by atoms with Gasteiger partial charge in [0.05, 0.1) is 18.3 Å². The maximum Gasteiger partial charge on any atom is 0.0864 e. The quantitative estimate of drug-likeness (QED) is 0.689. The third kappa shape index (κ3) is 2.16. The van der Waals surface area contributed by atoms with Crippen LogP contribution >= 0.6 is 15.9 Å². The molecule has 0 spiro atoms. The Morgan fingerprint density at radius 3 is 2.44 bits per heavy atom. The monoisotopic (exact) mass is 318 g/mol. The summed E-state index contributed by atoms with van der Waals surface area (Å²) >= 11 is 3.74. The highest BCUT2D eigenvalue weighted by Gasteiger charge is 2.63. The van der Waals surface area contributed by atoms with E-state index >= 15 is 0 Å². The lowest BCUT2D eigenvalue weighted by atomic mass is 9.66. The van der Waals surface area contributed by atoms with Crippen LogP contribution in [-0.2, 0) is 9.47 Å². The number of rotatable bonds is 6. The fourth-order valence-electron chi connectivity index (χ4n) is 4.17. The van der Waals surface area contributed by atoms with Crippen LogP contribution in [0.3, 0.4) is 0 Å². The number of halogens is 1. The first kappa shape index (κ1) is 14.8. The zero-order chi connectivity index (χ0) is 13.4. The van der Waals surface area contributed by atoms with Crippen LogP contribution in [0.15, 0.2) is 0 Å². The van der Waals surface area contributed by atoms with Crippen molar-refractivity contribution in [1.82, 2.24) is 0 Å². The van der Waals surface area contributed by atoms with Gasteiger partial charge in [0.15, 0.2) is 0 Å². The Morgan fingerprint density at radius 1 is 1.28 bits per heavy atom. The van der Waals surface area contributed by atoms with Gasteiger partial charge in [-0.3, -0.25) is 0 Å². The summed E-state index contributed by atoms with van der Waals surface area (Å²) in [4.78, 5) is 0. The molecule has 0 saturated heterocycles. The first-order chi connectivity index (χ1) is 8.48. The van der Waals surface area contributed by atoms with Gasteiger partial charge in [0.2, 0.25) is 0 Å². The standard InChI is InChI=1S/C15H27BrO2/c1-5-17-9-11(2)18-15(10-16)13-7-6-12(8-13)14(15,3)4/h11-13H,5-10H2,1-4H3. The normalized spacial score (nSPS) is 39.2. The molecule has 0 aromatic rings. The summed E-state index contributed by atoms with van der Waals surface area (Å²) in [6.45, 7) is 10.4. The Balaban J connectivity index is 2.10. The minimum atomic E-state index is 0.00638. The molecule has 0 amide bonds. The molecule has 0 heterocycles. The van der Waals surface area contributed by atoms with Gasteiger partial charge in [-0.2, -0.15) is 0 Å². The van der Waals surface area contributed by atoms with Crippen LogP contribution in [0.5, 0.6) is 0 Å². The third-order valence-corrected chi connectivity index (χ3v) is 6.20. The van der Waals surface area contributed by atoms with Crippen LogP contribution in [-0.4, -0.2) is 30.2 Å². The van der Waals surface area contributed by atoms with Crippen molar-refractivity contribution >= 4 is 15.9 Å². The van der Waals surface area contributed by atoms with E-state index in [2.05, 4.69) is 36.7 Å². The molecule has 18 heavy (non-hydrogen) atoms. The zero-order valence-electron chi connectivity index (χ0n) is 12.2. The minimum absolute atomic E-state index is 0.00638. The Morgan fingerprint density at radius 2 is 1.94 bits per heavy atom. The van der Waals surface area contributed by atoms with Gasteiger partial charge in [0.25, 0.3) is 0 Å². The number of hydrogen-bond donors (Lipinski definition) is 0. The fourth-order valence-corrected chi connectivity index (χ4v) is 5.48. The van der Waals surface area contributed by atoms with Crippen molar-refractivity contribution < 1.29 is 9.47 Å². The predicted octanol–water partition coefficient (Wildman–Crippen LogP) is 4.02. The Labute approximate surface area is 120 Å². The molecule has 0 aromatic carbocycles. The van der Waals surface area contributed by atoms with Crippen LogP contribution in [0.4, 0.5) is 0 Å². The molecular formula is C15H27BrO2. The van der Waals surface area contributed by atoms with Gasteiger partial charge in [-0.15, -0.1) is 0 Å². The highest BCUT2D eigenvalue weighted by molar-refractivity contribution is 9.09. The lowest BCUT2D eigenvalue weighted by Crippen LogP contribution is -2.54. The molecule has 2 saturated carbocycles. The highest BCUT2D eigenvalue weighted by atomic mass is 79.9. The van der Waals surface area contributed by atoms with Crippen molar-refractivity contribution in [3.05, 3.63) is 0 Å². The second kappa shape index (κ2) is 5.41. The van der Waals surface area contributed by atoms with Gasteiger partial charge in [-0.25, -0.2) is 0 Å². The van der Waals surface area contributed by atoms with Gasteiger partial charge in [0.1, 0.15) is 0 Å². The van der Waals surface area contributed by atoms with E-state index in [1.807, 2.05) is 6.92 Å². The van der Waals surface area contributed by atoms with Crippen LogP contribution in [0, 0.1) is 17.3 Å². The average Bonchev–Trinajstić information content (AvgIpc) is 2.88. The fraction of sp³-hybridized carbons (Fsp3) is 1.00. The van der Waals surface area contributed by atoms with Crippen LogP contribution < -0.4 is 0 Å². The summed E-state index contributed by atoms with van der Waals surface area (Å²) in [5, 5.41) is 0.949. The van der Waals surface area contributed by atoms with Gasteiger partial charge < -0.3 is 9.47 Å². The summed E-state index contributed by atoms with van der Waals surface area (Å²) in [7, 11) is 0. The largest absolute Gasteiger partial charge is 0.379 e. The topological polar surface area (TPSA) is 18.5 Å². The second-order valence-electron chi connectivity index (χ2n) is 6.54. The average molecular weight is 319 g/mol. The Hall–Kier alpha value is 0.400. The first-order valence-electron chi connectivity index (χ1n) is 7.29. The van der Waals surface area contributed by atoms with Crippen LogP contribution in [0.25, 0.3) is 0 Å². The molecule has 4 unspecified atom stereocenters. The van der Waals surface area contributed by atoms with Crippen LogP contribution in [0.1, 0.15) is 47.0 Å². The molecule has 2 bridgehead atoms. The van der Waals surface area contributed by atoms with E-state index in [1.165, 1.54) is 19.3 Å². The molecule has 0 N–H and O–H groups in total. The van der Waals surface area contributed by atoms with Crippen molar-refractivity contribution in [3.8, 4) is 0 Å². The maximum atomic E-state index is 6.53. The van der Waals surface area contributed by atoms with Crippen molar-refractivity contribution in [1.29, 1.82) is 0 Å². The SMILES string of the molecule is CCOCC(C)OC1(CBr)C2CCC(C2)C1(C)C. The number of hydrogen-bond acceptors (Lipinski definition) is 2. The lowest BCUT2D eigenvalue weighted by molar-refractivity contribution is -0.176. The van der Waals surface area contributed by atoms with Crippen molar-refractivity contribution in [2.45, 2.75) is 58.7 Å². The summed E-state index contributed by atoms with van der Waals surface area (Å²) in [6, 6.07) is 0. The smallest absolute Gasteiger partial charge is 0.0864 e. The van der Waals surface area contributed by atoms with E-state index < -0.39 is 0 Å². The van der Waals surface area contributed by atoms with E-state index in [4.69, 9.17) is 9.47 Å². The molecule has 2 aliphatic carbocycles. The molecule has 2 aliphatic rings. The Bertz CT molecular complexity index is 292. The van der Waals surface area contributed by atoms with E-state index in [0.29, 0.717) is 6.61 Å². The van der Waals surface area contributed by atoms with Gasteiger partial charge in [0, 0.05) is 11.9 Å². The molecule has 0 aromatic heterocycles. The maximum absolute atomic E-state index is 6.53. The first-order valence-corrected chi connectivity index (χ1v) is 8.41. The summed E-state index contributed by atoms with van der Waals surface area (Å²) < 4.78 is 12.0. The summed E-state index contributed by atoms with van der Waals surface area (Å²) in [6.07, 6.45) is 4.25. The number of fused-ring (bicyclic) bond motifs is 2. The molecule has 3 heteroatoms. The predicted molar refractivity (Wildman–Crippen MR) is 78.2 cm³/mol. The Kier molecular flexibility index (Phi) is 4.45. The number of alkyl halides is 1. The second-order valence-corrected chi connectivity index (χ2v) is 7.10. The van der Waals surface area contributed by atoms with Gasteiger partial charge >= 0.3 is 0 Å². The molecule has 4 atom stereocenters.